The lowest BCUT2D eigenvalue weighted by molar-refractivity contribution is 0.271. The molecule has 124 valence electrons. The van der Waals surface area contributed by atoms with Gasteiger partial charge >= 0.3 is 0 Å². The van der Waals surface area contributed by atoms with Gasteiger partial charge in [-0.05, 0) is 13.3 Å². The molecule has 0 spiro atoms. The fourth-order valence-corrected chi connectivity index (χ4v) is 8.19. The van der Waals surface area contributed by atoms with Gasteiger partial charge in [0, 0.05) is 26.2 Å². The van der Waals surface area contributed by atoms with Crippen molar-refractivity contribution in [2.24, 2.45) is 0 Å². The Labute approximate surface area is 126 Å². The summed E-state index contributed by atoms with van der Waals surface area (Å²) in [5.74, 6) is -0.440. The van der Waals surface area contributed by atoms with Crippen LogP contribution in [0.15, 0.2) is 0 Å². The molecule has 2 saturated heterocycles. The van der Waals surface area contributed by atoms with Gasteiger partial charge in [-0.1, -0.05) is 0 Å². The first-order valence-electron chi connectivity index (χ1n) is 6.76. The second-order valence-corrected chi connectivity index (χ2v) is 12.0. The Hall–Kier alpha value is -0.230. The first kappa shape index (κ1) is 17.1. The molecule has 0 aromatic rings. The van der Waals surface area contributed by atoms with Crippen LogP contribution in [0.3, 0.4) is 0 Å². The largest absolute Gasteiger partial charge is 0.229 e. The highest BCUT2D eigenvalue weighted by Crippen LogP contribution is 2.23. The third kappa shape index (κ3) is 3.58. The van der Waals surface area contributed by atoms with E-state index in [0.29, 0.717) is 0 Å². The van der Waals surface area contributed by atoms with E-state index in [9.17, 15) is 25.3 Å². The van der Waals surface area contributed by atoms with Crippen LogP contribution in [-0.2, 0) is 29.9 Å². The van der Waals surface area contributed by atoms with E-state index >= 15 is 0 Å². The maximum Gasteiger partial charge on any atom is 0.218 e. The summed E-state index contributed by atoms with van der Waals surface area (Å²) in [5.41, 5.74) is 0. The molecule has 21 heavy (non-hydrogen) atoms. The number of sulfone groups is 1. The van der Waals surface area contributed by atoms with Crippen molar-refractivity contribution in [3.05, 3.63) is 0 Å². The Kier molecular flexibility index (Phi) is 4.70. The number of sulfonamides is 2. The lowest BCUT2D eigenvalue weighted by atomic mass is 10.4. The van der Waals surface area contributed by atoms with Gasteiger partial charge in [0.2, 0.25) is 20.0 Å². The SMILES string of the molecule is CCS(=O)(=O)N1CCN(S(=O)(=O)C2CCS(=O)(=O)C2)CC1. The Morgan fingerprint density at radius 3 is 1.95 bits per heavy atom. The summed E-state index contributed by atoms with van der Waals surface area (Å²) >= 11 is 0. The second-order valence-electron chi connectivity index (χ2n) is 5.27. The fraction of sp³-hybridized carbons (Fsp3) is 1.00. The van der Waals surface area contributed by atoms with Crippen LogP contribution in [0, 0.1) is 0 Å². The highest BCUT2D eigenvalue weighted by molar-refractivity contribution is 7.95. The van der Waals surface area contributed by atoms with E-state index in [2.05, 4.69) is 0 Å². The number of hydrogen-bond donors (Lipinski definition) is 0. The molecule has 2 fully saturated rings. The van der Waals surface area contributed by atoms with E-state index in [1.165, 1.54) is 8.61 Å². The predicted octanol–water partition coefficient (Wildman–Crippen LogP) is -1.53. The Bertz CT molecular complexity index is 689. The van der Waals surface area contributed by atoms with Gasteiger partial charge in [0.05, 0.1) is 22.5 Å². The van der Waals surface area contributed by atoms with Crippen LogP contribution in [-0.4, -0.2) is 82.6 Å². The van der Waals surface area contributed by atoms with E-state index in [0.717, 1.165) is 0 Å². The molecule has 0 N–H and O–H groups in total. The number of rotatable bonds is 4. The molecule has 2 aliphatic rings. The van der Waals surface area contributed by atoms with Gasteiger partial charge in [-0.15, -0.1) is 0 Å². The van der Waals surface area contributed by atoms with E-state index in [1.807, 2.05) is 0 Å². The van der Waals surface area contributed by atoms with E-state index < -0.39 is 35.1 Å². The molecule has 0 aliphatic carbocycles. The molecule has 2 rings (SSSR count). The fourth-order valence-electron chi connectivity index (χ4n) is 2.59. The molecule has 1 atom stereocenters. The summed E-state index contributed by atoms with van der Waals surface area (Å²) in [5, 5.41) is -0.892. The van der Waals surface area contributed by atoms with Gasteiger partial charge in [-0.2, -0.15) is 8.61 Å². The minimum Gasteiger partial charge on any atom is -0.229 e. The zero-order valence-corrected chi connectivity index (χ0v) is 14.3. The molecule has 2 aliphatic heterocycles. The average molecular weight is 360 g/mol. The summed E-state index contributed by atoms with van der Waals surface area (Å²) in [7, 11) is -10.3. The summed E-state index contributed by atoms with van der Waals surface area (Å²) < 4.78 is 73.6. The van der Waals surface area contributed by atoms with Gasteiger partial charge in [0.1, 0.15) is 0 Å². The predicted molar refractivity (Wildman–Crippen MR) is 78.6 cm³/mol. The molecule has 0 aromatic carbocycles. The van der Waals surface area contributed by atoms with Crippen molar-refractivity contribution >= 4 is 29.9 Å². The molecular weight excluding hydrogens is 340 g/mol. The molecule has 0 radical (unpaired) electrons. The van der Waals surface area contributed by atoms with Gasteiger partial charge in [0.15, 0.2) is 9.84 Å². The number of piperazine rings is 1. The van der Waals surface area contributed by atoms with Gasteiger partial charge in [-0.3, -0.25) is 0 Å². The van der Waals surface area contributed by atoms with Crippen LogP contribution < -0.4 is 0 Å². The highest BCUT2D eigenvalue weighted by atomic mass is 32.2. The number of hydrogen-bond acceptors (Lipinski definition) is 6. The molecule has 1 unspecified atom stereocenters. The Balaban J connectivity index is 2.05. The van der Waals surface area contributed by atoms with Crippen LogP contribution >= 0.6 is 0 Å². The maximum absolute atomic E-state index is 12.4. The molecule has 0 bridgehead atoms. The van der Waals surface area contributed by atoms with Crippen molar-refractivity contribution in [3.8, 4) is 0 Å². The monoisotopic (exact) mass is 360 g/mol. The third-order valence-corrected chi connectivity index (χ3v) is 10.1. The van der Waals surface area contributed by atoms with Gasteiger partial charge in [0.25, 0.3) is 0 Å². The maximum atomic E-state index is 12.4. The van der Waals surface area contributed by atoms with Crippen molar-refractivity contribution in [2.75, 3.05) is 43.4 Å². The minimum atomic E-state index is -3.68. The van der Waals surface area contributed by atoms with Crippen LogP contribution in [0.1, 0.15) is 13.3 Å². The van der Waals surface area contributed by atoms with Gasteiger partial charge < -0.3 is 0 Å². The summed E-state index contributed by atoms with van der Waals surface area (Å²) in [6.45, 7) is 1.95. The Morgan fingerprint density at radius 1 is 1.00 bits per heavy atom. The quantitative estimate of drug-likeness (QED) is 0.602. The zero-order valence-electron chi connectivity index (χ0n) is 11.8. The molecule has 8 nitrogen and oxygen atoms in total. The van der Waals surface area contributed by atoms with Crippen molar-refractivity contribution < 1.29 is 25.3 Å². The lowest BCUT2D eigenvalue weighted by Crippen LogP contribution is -2.52. The third-order valence-electron chi connectivity index (χ3n) is 3.93. The van der Waals surface area contributed by atoms with Crippen LogP contribution in [0.4, 0.5) is 0 Å². The normalized spacial score (nSPS) is 28.7. The summed E-state index contributed by atoms with van der Waals surface area (Å²) in [6, 6.07) is 0. The number of nitrogens with zero attached hydrogens (tertiary/aromatic N) is 2. The Morgan fingerprint density at radius 2 is 1.52 bits per heavy atom. The molecule has 0 amide bonds. The summed E-state index contributed by atoms with van der Waals surface area (Å²) in [4.78, 5) is 0. The van der Waals surface area contributed by atoms with Crippen molar-refractivity contribution in [1.29, 1.82) is 0 Å². The molecule has 0 aromatic heterocycles. The van der Waals surface area contributed by atoms with Crippen LogP contribution in [0.2, 0.25) is 0 Å². The molecule has 11 heteroatoms. The van der Waals surface area contributed by atoms with Crippen molar-refractivity contribution in [2.45, 2.75) is 18.6 Å². The zero-order chi connectivity index (χ0) is 15.9. The highest BCUT2D eigenvalue weighted by Gasteiger charge is 2.41. The van der Waals surface area contributed by atoms with E-state index in [4.69, 9.17) is 0 Å². The van der Waals surface area contributed by atoms with Crippen LogP contribution in [0.25, 0.3) is 0 Å². The summed E-state index contributed by atoms with van der Waals surface area (Å²) in [6.07, 6.45) is 0.123. The standard InChI is InChI=1S/C10H20N2O6S3/c1-2-20(15,16)11-4-6-12(7-5-11)21(17,18)10-3-8-19(13,14)9-10/h10H,2-9H2,1H3. The van der Waals surface area contributed by atoms with E-state index in [-0.39, 0.29) is 49.9 Å². The first-order valence-corrected chi connectivity index (χ1v) is 11.7. The molecular formula is C10H20N2O6S3. The lowest BCUT2D eigenvalue weighted by Gasteiger charge is -2.34. The minimum absolute atomic E-state index is 0.0133. The van der Waals surface area contributed by atoms with E-state index in [1.54, 1.807) is 6.92 Å². The average Bonchev–Trinajstić information content (AvgIpc) is 2.80. The van der Waals surface area contributed by atoms with Gasteiger partial charge in [-0.25, -0.2) is 25.3 Å². The van der Waals surface area contributed by atoms with Crippen molar-refractivity contribution in [3.63, 3.8) is 0 Å². The molecule has 0 saturated carbocycles. The van der Waals surface area contributed by atoms with Crippen molar-refractivity contribution in [1.82, 2.24) is 8.61 Å². The second kappa shape index (κ2) is 5.76. The van der Waals surface area contributed by atoms with Crippen LogP contribution in [0.5, 0.6) is 0 Å². The molecule has 2 heterocycles. The smallest absolute Gasteiger partial charge is 0.218 e. The first-order chi connectivity index (χ1) is 9.58. The topological polar surface area (TPSA) is 109 Å².